The Hall–Kier alpha value is -4.00. The lowest BCUT2D eigenvalue weighted by molar-refractivity contribution is -0.132. The molecule has 3 aromatic rings. The number of nitrogens with zero attached hydrogens (tertiary/aromatic N) is 2. The molecule has 0 saturated carbocycles. The van der Waals surface area contributed by atoms with E-state index in [1.807, 2.05) is 44.0 Å². The van der Waals surface area contributed by atoms with E-state index in [2.05, 4.69) is 0 Å². The van der Waals surface area contributed by atoms with Gasteiger partial charge >= 0.3 is 0 Å². The molecular formula is C26H24N2O5. The van der Waals surface area contributed by atoms with E-state index in [-0.39, 0.29) is 11.3 Å². The van der Waals surface area contributed by atoms with Crippen molar-refractivity contribution < 1.29 is 23.8 Å². The van der Waals surface area contributed by atoms with Gasteiger partial charge in [0.25, 0.3) is 11.7 Å². The van der Waals surface area contributed by atoms with E-state index in [9.17, 15) is 14.7 Å². The van der Waals surface area contributed by atoms with Crippen LogP contribution in [0.1, 0.15) is 28.5 Å². The molecule has 2 aromatic carbocycles. The number of anilines is 2. The number of likely N-dealkylation sites (N-methyl/N-ethyl adjacent to an activating group) is 1. The first-order chi connectivity index (χ1) is 15.8. The number of aryl methyl sites for hydroxylation is 2. The number of benzene rings is 2. The van der Waals surface area contributed by atoms with Crippen molar-refractivity contribution in [2.75, 3.05) is 30.0 Å². The fraction of sp³-hybridized carbons (Fsp3) is 0.231. The molecule has 33 heavy (non-hydrogen) atoms. The molecule has 0 aliphatic carbocycles. The molecule has 3 heterocycles. The smallest absolute Gasteiger partial charge is 0.300 e. The third-order valence-corrected chi connectivity index (χ3v) is 6.07. The van der Waals surface area contributed by atoms with Crippen LogP contribution in [-0.2, 0) is 9.59 Å². The molecule has 1 amide bonds. The van der Waals surface area contributed by atoms with Crippen molar-refractivity contribution in [1.82, 2.24) is 0 Å². The summed E-state index contributed by atoms with van der Waals surface area (Å²) in [6.45, 7) is 5.15. The summed E-state index contributed by atoms with van der Waals surface area (Å²) in [5, 5.41) is 11.3. The number of ether oxygens (including phenoxy) is 1. The molecule has 1 unspecified atom stereocenters. The molecule has 1 atom stereocenters. The van der Waals surface area contributed by atoms with E-state index in [1.165, 1.54) is 11.2 Å². The summed E-state index contributed by atoms with van der Waals surface area (Å²) < 4.78 is 11.3. The molecule has 1 N–H and O–H groups in total. The van der Waals surface area contributed by atoms with Gasteiger partial charge in [-0.1, -0.05) is 6.07 Å². The highest BCUT2D eigenvalue weighted by atomic mass is 16.5. The van der Waals surface area contributed by atoms with Gasteiger partial charge in [-0.2, -0.15) is 0 Å². The summed E-state index contributed by atoms with van der Waals surface area (Å²) >= 11 is 0. The molecule has 1 fully saturated rings. The van der Waals surface area contributed by atoms with Crippen LogP contribution < -0.4 is 14.5 Å². The van der Waals surface area contributed by atoms with Gasteiger partial charge in [0.1, 0.15) is 29.9 Å². The molecule has 1 saturated heterocycles. The lowest BCUT2D eigenvalue weighted by atomic mass is 9.98. The van der Waals surface area contributed by atoms with E-state index in [0.717, 1.165) is 16.8 Å². The number of hydrogen-bond acceptors (Lipinski definition) is 6. The van der Waals surface area contributed by atoms with Crippen LogP contribution >= 0.6 is 0 Å². The van der Waals surface area contributed by atoms with E-state index < -0.39 is 17.7 Å². The maximum absolute atomic E-state index is 13.2. The van der Waals surface area contributed by atoms with Crippen molar-refractivity contribution in [2.45, 2.75) is 19.9 Å². The van der Waals surface area contributed by atoms with E-state index in [1.54, 1.807) is 30.3 Å². The van der Waals surface area contributed by atoms with Crippen LogP contribution in [0.5, 0.6) is 5.75 Å². The van der Waals surface area contributed by atoms with E-state index in [4.69, 9.17) is 9.15 Å². The van der Waals surface area contributed by atoms with Crippen molar-refractivity contribution in [1.29, 1.82) is 0 Å². The molecule has 168 valence electrons. The molecule has 2 aliphatic heterocycles. The number of aliphatic hydroxyl groups is 1. The van der Waals surface area contributed by atoms with Gasteiger partial charge in [0.2, 0.25) is 0 Å². The quantitative estimate of drug-likeness (QED) is 0.367. The molecule has 2 aliphatic rings. The lowest BCUT2D eigenvalue weighted by Gasteiger charge is -2.28. The number of carbonyl (C=O) groups is 2. The summed E-state index contributed by atoms with van der Waals surface area (Å²) in [6, 6.07) is 13.4. The Morgan fingerprint density at radius 2 is 1.82 bits per heavy atom. The minimum atomic E-state index is -0.883. The Morgan fingerprint density at radius 3 is 2.52 bits per heavy atom. The van der Waals surface area contributed by atoms with Gasteiger partial charge in [0.05, 0.1) is 24.1 Å². The van der Waals surface area contributed by atoms with Crippen LogP contribution in [0.25, 0.3) is 5.76 Å². The van der Waals surface area contributed by atoms with Gasteiger partial charge < -0.3 is 19.2 Å². The van der Waals surface area contributed by atoms with E-state index >= 15 is 0 Å². The summed E-state index contributed by atoms with van der Waals surface area (Å²) in [5.74, 6) is -0.605. The van der Waals surface area contributed by atoms with Crippen LogP contribution in [0.3, 0.4) is 0 Å². The van der Waals surface area contributed by atoms with Crippen LogP contribution in [-0.4, -0.2) is 37.0 Å². The molecule has 7 nitrogen and oxygen atoms in total. The Morgan fingerprint density at radius 1 is 1.06 bits per heavy atom. The Kier molecular flexibility index (Phi) is 4.96. The third kappa shape index (κ3) is 3.46. The second kappa shape index (κ2) is 7.85. The molecule has 0 bridgehead atoms. The first-order valence-electron chi connectivity index (χ1n) is 10.8. The minimum absolute atomic E-state index is 0.00607. The number of fused-ring (bicyclic) bond motifs is 1. The normalized spacial score (nSPS) is 19.5. The van der Waals surface area contributed by atoms with Gasteiger partial charge in [-0.05, 0) is 67.4 Å². The zero-order chi connectivity index (χ0) is 23.3. The maximum Gasteiger partial charge on any atom is 0.300 e. The van der Waals surface area contributed by atoms with Crippen molar-refractivity contribution >= 4 is 28.8 Å². The average molecular weight is 444 g/mol. The fourth-order valence-corrected chi connectivity index (χ4v) is 4.56. The topological polar surface area (TPSA) is 83.2 Å². The number of furan rings is 1. The summed E-state index contributed by atoms with van der Waals surface area (Å²) in [6.07, 6.45) is 1.49. The first kappa shape index (κ1) is 20.9. The van der Waals surface area contributed by atoms with Gasteiger partial charge in [0, 0.05) is 18.3 Å². The second-order valence-electron chi connectivity index (χ2n) is 8.48. The van der Waals surface area contributed by atoms with Crippen LogP contribution in [0.4, 0.5) is 11.4 Å². The summed E-state index contributed by atoms with van der Waals surface area (Å²) in [4.78, 5) is 29.9. The predicted molar refractivity (Wildman–Crippen MR) is 125 cm³/mol. The average Bonchev–Trinajstić information content (AvgIpc) is 3.40. The minimum Gasteiger partial charge on any atom is -0.507 e. The highest BCUT2D eigenvalue weighted by Crippen LogP contribution is 2.43. The highest BCUT2D eigenvalue weighted by Gasteiger charge is 2.48. The Labute approximate surface area is 191 Å². The molecular weight excluding hydrogens is 420 g/mol. The van der Waals surface area contributed by atoms with Gasteiger partial charge in [-0.25, -0.2) is 0 Å². The molecule has 0 radical (unpaired) electrons. The molecule has 1 aromatic heterocycles. The number of rotatable bonds is 3. The van der Waals surface area contributed by atoms with Crippen LogP contribution in [0, 0.1) is 13.8 Å². The number of aliphatic hydroxyl groups excluding tert-OH is 1. The van der Waals surface area contributed by atoms with Gasteiger partial charge in [-0.3, -0.25) is 14.5 Å². The van der Waals surface area contributed by atoms with Crippen molar-refractivity contribution in [3.8, 4) is 5.75 Å². The molecule has 7 heteroatoms. The summed E-state index contributed by atoms with van der Waals surface area (Å²) in [5.41, 5.74) is 3.73. The number of carbonyl (C=O) groups excluding carboxylic acids is 2. The van der Waals surface area contributed by atoms with Crippen LogP contribution in [0.2, 0.25) is 0 Å². The number of amides is 1. The largest absolute Gasteiger partial charge is 0.507 e. The third-order valence-electron chi connectivity index (χ3n) is 6.07. The van der Waals surface area contributed by atoms with Crippen molar-refractivity contribution in [3.63, 3.8) is 0 Å². The number of ketones is 1. The fourth-order valence-electron chi connectivity index (χ4n) is 4.56. The van der Waals surface area contributed by atoms with Gasteiger partial charge in [0.15, 0.2) is 0 Å². The zero-order valence-electron chi connectivity index (χ0n) is 18.7. The summed E-state index contributed by atoms with van der Waals surface area (Å²) in [7, 11) is 1.94. The predicted octanol–water partition coefficient (Wildman–Crippen LogP) is 4.35. The lowest BCUT2D eigenvalue weighted by Crippen LogP contribution is -2.29. The van der Waals surface area contributed by atoms with Crippen molar-refractivity contribution in [2.24, 2.45) is 0 Å². The Balaban J connectivity index is 1.69. The Bertz CT molecular complexity index is 1270. The molecule has 0 spiro atoms. The maximum atomic E-state index is 13.2. The van der Waals surface area contributed by atoms with Crippen LogP contribution in [0.15, 0.2) is 64.8 Å². The SMILES string of the molecule is Cc1cc(C)cc(N2C(=O)C(=O)/C(=C(\O)c3ccc4c(c3)N(C)CCO4)C2c2ccco2)c1. The monoisotopic (exact) mass is 444 g/mol. The molecule has 5 rings (SSSR count). The number of Topliss-reactive ketones (excluding diaryl/α,β-unsaturated/α-hetero) is 1. The van der Waals surface area contributed by atoms with Crippen molar-refractivity contribution in [3.05, 3.63) is 82.8 Å². The number of hydrogen-bond donors (Lipinski definition) is 1. The zero-order valence-corrected chi connectivity index (χ0v) is 18.7. The first-order valence-corrected chi connectivity index (χ1v) is 10.8. The highest BCUT2D eigenvalue weighted by molar-refractivity contribution is 6.51. The van der Waals surface area contributed by atoms with Gasteiger partial charge in [-0.15, -0.1) is 0 Å². The standard InChI is InChI=1S/C26H24N2O5/c1-15-11-16(2)13-18(12-15)28-23(21-5-4-9-32-21)22(25(30)26(28)31)24(29)17-6-7-20-19(14-17)27(3)8-10-33-20/h4-7,9,11-14,23,29H,8,10H2,1-3H3/b24-22-. The van der Waals surface area contributed by atoms with E-state index in [0.29, 0.717) is 35.9 Å². The second-order valence-corrected chi connectivity index (χ2v) is 8.48.